The average Bonchev–Trinajstić information content (AvgIpc) is 3.16. The van der Waals surface area contributed by atoms with Crippen LogP contribution in [-0.2, 0) is 19.1 Å². The highest BCUT2D eigenvalue weighted by Crippen LogP contribution is 2.32. The van der Waals surface area contributed by atoms with Crippen LogP contribution >= 0.6 is 23.5 Å². The molecule has 1 aliphatic rings. The lowest BCUT2D eigenvalue weighted by Crippen LogP contribution is -2.30. The molecule has 0 spiro atoms. The minimum absolute atomic E-state index is 0.248. The summed E-state index contributed by atoms with van der Waals surface area (Å²) in [6, 6.07) is 32.1. The summed E-state index contributed by atoms with van der Waals surface area (Å²) >= 11 is 3.21. The second-order valence-electron chi connectivity index (χ2n) is 11.8. The minimum atomic E-state index is -0.726. The van der Waals surface area contributed by atoms with E-state index in [-0.39, 0.29) is 37.0 Å². The third-order valence-electron chi connectivity index (χ3n) is 7.92. The van der Waals surface area contributed by atoms with Gasteiger partial charge >= 0.3 is 24.2 Å². The van der Waals surface area contributed by atoms with Gasteiger partial charge < -0.3 is 28.4 Å². The number of ether oxygens (including phenoxy) is 6. The zero-order valence-corrected chi connectivity index (χ0v) is 30.2. The lowest BCUT2D eigenvalue weighted by atomic mass is 9.82. The summed E-state index contributed by atoms with van der Waals surface area (Å²) in [6.45, 7) is 0.496. The van der Waals surface area contributed by atoms with Crippen LogP contribution in [0.4, 0.5) is 9.59 Å². The van der Waals surface area contributed by atoms with Gasteiger partial charge in [0.05, 0.1) is 25.0 Å². The molecule has 4 aromatic rings. The van der Waals surface area contributed by atoms with E-state index < -0.39 is 12.3 Å². The van der Waals surface area contributed by atoms with Gasteiger partial charge in [0.1, 0.15) is 23.0 Å². The van der Waals surface area contributed by atoms with Gasteiger partial charge in [-0.2, -0.15) is 0 Å². The second-order valence-corrected chi connectivity index (χ2v) is 14.1. The molecule has 1 saturated carbocycles. The Hall–Kier alpha value is -4.94. The number of rotatable bonds is 16. The molecule has 0 amide bonds. The summed E-state index contributed by atoms with van der Waals surface area (Å²) in [4.78, 5) is 51.2. The molecule has 0 N–H and O–H groups in total. The fraction of sp³-hybridized carbons (Fsp3) is 0.300. The van der Waals surface area contributed by atoms with E-state index in [1.165, 1.54) is 0 Å². The fourth-order valence-electron chi connectivity index (χ4n) is 5.21. The maximum atomic E-state index is 12.9. The van der Waals surface area contributed by atoms with Crippen molar-refractivity contribution in [2.24, 2.45) is 11.8 Å². The normalized spacial score (nSPS) is 15.2. The molecule has 1 aliphatic carbocycles. The Balaban J connectivity index is 0.914. The van der Waals surface area contributed by atoms with Crippen molar-refractivity contribution in [3.63, 3.8) is 0 Å². The van der Waals surface area contributed by atoms with Gasteiger partial charge in [-0.1, -0.05) is 36.4 Å². The van der Waals surface area contributed by atoms with E-state index in [1.807, 2.05) is 36.4 Å². The lowest BCUT2D eigenvalue weighted by Gasteiger charge is -2.25. The first kappa shape index (κ1) is 38.3. The number of hydrogen-bond acceptors (Lipinski definition) is 12. The Kier molecular flexibility index (Phi) is 15.3. The molecule has 52 heavy (non-hydrogen) atoms. The second kappa shape index (κ2) is 20.8. The summed E-state index contributed by atoms with van der Waals surface area (Å²) in [5.74, 6) is 2.16. The predicted octanol–water partition coefficient (Wildman–Crippen LogP) is 9.40. The highest BCUT2D eigenvalue weighted by atomic mass is 32.2. The molecule has 5 rings (SSSR count). The molecule has 0 radical (unpaired) electrons. The van der Waals surface area contributed by atoms with Gasteiger partial charge in [-0.15, -0.1) is 23.5 Å². The van der Waals surface area contributed by atoms with E-state index in [9.17, 15) is 19.2 Å². The first-order chi connectivity index (χ1) is 25.4. The first-order valence-corrected chi connectivity index (χ1v) is 19.1. The Bertz CT molecular complexity index is 1580. The van der Waals surface area contributed by atoms with Crippen molar-refractivity contribution in [1.82, 2.24) is 0 Å². The molecule has 0 heterocycles. The van der Waals surface area contributed by atoms with Gasteiger partial charge in [0.2, 0.25) is 0 Å². The van der Waals surface area contributed by atoms with Crippen molar-refractivity contribution in [1.29, 1.82) is 0 Å². The lowest BCUT2D eigenvalue weighted by molar-refractivity contribution is -0.145. The third kappa shape index (κ3) is 13.3. The highest BCUT2D eigenvalue weighted by Gasteiger charge is 2.32. The van der Waals surface area contributed by atoms with E-state index in [0.29, 0.717) is 61.5 Å². The van der Waals surface area contributed by atoms with E-state index in [1.54, 1.807) is 96.3 Å². The molecule has 0 bridgehead atoms. The van der Waals surface area contributed by atoms with Crippen molar-refractivity contribution < 1.29 is 47.6 Å². The van der Waals surface area contributed by atoms with Crippen LogP contribution in [0.3, 0.4) is 0 Å². The first-order valence-electron chi connectivity index (χ1n) is 17.1. The summed E-state index contributed by atoms with van der Waals surface area (Å²) in [6.07, 6.45) is 2.07. The topological polar surface area (TPSA) is 124 Å². The van der Waals surface area contributed by atoms with Crippen molar-refractivity contribution in [2.45, 2.75) is 48.3 Å². The van der Waals surface area contributed by atoms with Crippen LogP contribution in [-0.4, -0.2) is 49.0 Å². The summed E-state index contributed by atoms with van der Waals surface area (Å²) in [5, 5.41) is 0. The maximum absolute atomic E-state index is 12.9. The van der Waals surface area contributed by atoms with Crippen molar-refractivity contribution in [2.75, 3.05) is 24.7 Å². The smallest absolute Gasteiger partial charge is 0.434 e. The van der Waals surface area contributed by atoms with Gasteiger partial charge in [-0.3, -0.25) is 9.59 Å². The van der Waals surface area contributed by atoms with Crippen LogP contribution in [0.1, 0.15) is 38.5 Å². The Morgan fingerprint density at radius 1 is 0.462 bits per heavy atom. The SMILES string of the molecule is O=C(OCCCSc1ccc(OC(=O)C2CCC(C(=O)Oc3ccc(SCCCOC(=O)Oc4ccccc4)cc3)CC2)cc1)Oc1ccccc1. The van der Waals surface area contributed by atoms with Crippen LogP contribution < -0.4 is 18.9 Å². The molecular formula is C40H40O10S2. The van der Waals surface area contributed by atoms with Gasteiger partial charge in [-0.05, 0) is 111 Å². The van der Waals surface area contributed by atoms with Crippen LogP contribution in [0.5, 0.6) is 23.0 Å². The Morgan fingerprint density at radius 3 is 1.17 bits per heavy atom. The number of carbonyl (C=O) groups is 4. The molecule has 0 unspecified atom stereocenters. The largest absolute Gasteiger partial charge is 0.513 e. The molecule has 0 saturated heterocycles. The molecule has 0 aliphatic heterocycles. The molecule has 4 aromatic carbocycles. The van der Waals surface area contributed by atoms with Gasteiger partial charge in [0.25, 0.3) is 0 Å². The quantitative estimate of drug-likeness (QED) is 0.0357. The van der Waals surface area contributed by atoms with Crippen molar-refractivity contribution in [3.05, 3.63) is 109 Å². The predicted molar refractivity (Wildman–Crippen MR) is 197 cm³/mol. The van der Waals surface area contributed by atoms with Gasteiger partial charge in [-0.25, -0.2) is 9.59 Å². The summed E-state index contributed by atoms with van der Waals surface area (Å²) in [5.41, 5.74) is 0. The highest BCUT2D eigenvalue weighted by molar-refractivity contribution is 7.99. The maximum Gasteiger partial charge on any atom is 0.513 e. The van der Waals surface area contributed by atoms with Crippen LogP contribution in [0.2, 0.25) is 0 Å². The Labute approximate surface area is 311 Å². The zero-order chi connectivity index (χ0) is 36.4. The fourth-order valence-corrected chi connectivity index (χ4v) is 6.86. The number of thioether (sulfide) groups is 2. The van der Waals surface area contributed by atoms with Crippen LogP contribution in [0.25, 0.3) is 0 Å². The molecule has 272 valence electrons. The van der Waals surface area contributed by atoms with Crippen LogP contribution in [0, 0.1) is 11.8 Å². The number of esters is 2. The van der Waals surface area contributed by atoms with Gasteiger partial charge in [0, 0.05) is 21.3 Å². The number of para-hydroxylation sites is 2. The standard InChI is InChI=1S/C40H40O10S2/c41-37(47-33-17-21-35(22-18-33)51-27-7-25-45-39(43)49-31-9-3-1-4-10-31)29-13-15-30(16-14-29)38(42)48-34-19-23-36(24-20-34)52-28-8-26-46-40(44)50-32-11-5-2-6-12-32/h1-6,9-12,17-24,29-30H,7-8,13-16,25-28H2. The Morgan fingerprint density at radius 2 is 0.808 bits per heavy atom. The van der Waals surface area contributed by atoms with Crippen molar-refractivity contribution in [3.8, 4) is 23.0 Å². The molecule has 0 aromatic heterocycles. The average molecular weight is 745 g/mol. The zero-order valence-electron chi connectivity index (χ0n) is 28.5. The molecule has 10 nitrogen and oxygen atoms in total. The third-order valence-corrected chi connectivity index (χ3v) is 10.1. The number of hydrogen-bond donors (Lipinski definition) is 0. The number of benzene rings is 4. The summed E-state index contributed by atoms with van der Waals surface area (Å²) < 4.78 is 31.7. The van der Waals surface area contributed by atoms with Crippen LogP contribution in [0.15, 0.2) is 119 Å². The molecule has 0 atom stereocenters. The summed E-state index contributed by atoms with van der Waals surface area (Å²) in [7, 11) is 0. The van der Waals surface area contributed by atoms with Gasteiger partial charge in [0.15, 0.2) is 0 Å². The van der Waals surface area contributed by atoms with E-state index in [0.717, 1.165) is 21.3 Å². The minimum Gasteiger partial charge on any atom is -0.434 e. The molecular weight excluding hydrogens is 705 g/mol. The van der Waals surface area contributed by atoms with E-state index >= 15 is 0 Å². The monoisotopic (exact) mass is 744 g/mol. The molecule has 1 fully saturated rings. The van der Waals surface area contributed by atoms with E-state index in [4.69, 9.17) is 28.4 Å². The van der Waals surface area contributed by atoms with E-state index in [2.05, 4.69) is 0 Å². The van der Waals surface area contributed by atoms with Crippen molar-refractivity contribution >= 4 is 47.8 Å². The number of carbonyl (C=O) groups excluding carboxylic acids is 4. The molecule has 12 heteroatoms.